The Morgan fingerprint density at radius 2 is 1.80 bits per heavy atom. The van der Waals surface area contributed by atoms with E-state index in [1.807, 2.05) is 41.8 Å². The van der Waals surface area contributed by atoms with Gasteiger partial charge < -0.3 is 10.6 Å². The zero-order valence-corrected chi connectivity index (χ0v) is 17.6. The quantitative estimate of drug-likeness (QED) is 0.721. The van der Waals surface area contributed by atoms with Crippen LogP contribution in [-0.4, -0.2) is 44.4 Å². The first kappa shape index (κ1) is 20.1. The van der Waals surface area contributed by atoms with Crippen molar-refractivity contribution < 1.29 is 9.59 Å². The van der Waals surface area contributed by atoms with E-state index >= 15 is 0 Å². The lowest BCUT2D eigenvalue weighted by atomic mass is 9.95. The smallest absolute Gasteiger partial charge is 0.257 e. The van der Waals surface area contributed by atoms with Crippen LogP contribution in [0.3, 0.4) is 0 Å². The molecule has 3 aromatic rings. The molecule has 2 aromatic heterocycles. The number of rotatable bonds is 4. The fraction of sp³-hybridized carbons (Fsp3) is 0.391. The lowest BCUT2D eigenvalue weighted by molar-refractivity contribution is -0.123. The molecule has 0 saturated carbocycles. The second-order valence-corrected chi connectivity index (χ2v) is 8.24. The van der Waals surface area contributed by atoms with Crippen LogP contribution in [0.15, 0.2) is 36.5 Å². The molecule has 1 aliphatic heterocycles. The number of benzene rings is 1. The van der Waals surface area contributed by atoms with Crippen LogP contribution in [0.1, 0.15) is 54.4 Å². The highest BCUT2D eigenvalue weighted by atomic mass is 16.2. The molecule has 0 spiro atoms. The Morgan fingerprint density at radius 1 is 1.13 bits per heavy atom. The molecule has 0 atom stereocenters. The van der Waals surface area contributed by atoms with E-state index < -0.39 is 0 Å². The summed E-state index contributed by atoms with van der Waals surface area (Å²) in [6, 6.07) is 10.1. The highest BCUT2D eigenvalue weighted by molar-refractivity contribution is 5.96. The number of nitrogens with zero attached hydrogens (tertiary/aromatic N) is 4. The summed E-state index contributed by atoms with van der Waals surface area (Å²) in [6.07, 6.45) is 2.89. The van der Waals surface area contributed by atoms with E-state index in [9.17, 15) is 9.59 Å². The van der Waals surface area contributed by atoms with Gasteiger partial charge in [-0.2, -0.15) is 5.10 Å². The van der Waals surface area contributed by atoms with Gasteiger partial charge in [-0.1, -0.05) is 44.2 Å². The zero-order valence-electron chi connectivity index (χ0n) is 17.6. The average molecular weight is 406 g/mol. The Kier molecular flexibility index (Phi) is 5.28. The highest BCUT2D eigenvalue weighted by Gasteiger charge is 2.29. The summed E-state index contributed by atoms with van der Waals surface area (Å²) in [5.41, 5.74) is 10.5. The molecule has 0 bridgehead atoms. The van der Waals surface area contributed by atoms with Crippen LogP contribution in [0.25, 0.3) is 16.8 Å². The first-order chi connectivity index (χ1) is 14.4. The van der Waals surface area contributed by atoms with Crippen LogP contribution in [0.5, 0.6) is 0 Å². The average Bonchev–Trinajstić information content (AvgIpc) is 3.08. The van der Waals surface area contributed by atoms with Crippen molar-refractivity contribution in [2.75, 3.05) is 13.1 Å². The fourth-order valence-corrected chi connectivity index (χ4v) is 4.31. The Balaban J connectivity index is 1.76. The lowest BCUT2D eigenvalue weighted by Crippen LogP contribution is -2.42. The maximum atomic E-state index is 13.3. The van der Waals surface area contributed by atoms with Gasteiger partial charge >= 0.3 is 0 Å². The molecule has 0 unspecified atom stereocenters. The van der Waals surface area contributed by atoms with Crippen molar-refractivity contribution in [1.29, 1.82) is 0 Å². The Hall–Kier alpha value is -3.22. The molecule has 7 heteroatoms. The Bertz CT molecular complexity index is 1100. The number of amides is 2. The Labute approximate surface area is 175 Å². The van der Waals surface area contributed by atoms with Crippen LogP contribution in [0, 0.1) is 12.8 Å². The molecule has 156 valence electrons. The molecule has 1 aromatic carbocycles. The minimum Gasteiger partial charge on any atom is -0.369 e. The molecule has 2 amide bonds. The van der Waals surface area contributed by atoms with Crippen molar-refractivity contribution in [3.63, 3.8) is 0 Å². The third-order valence-electron chi connectivity index (χ3n) is 5.88. The predicted octanol–water partition coefficient (Wildman–Crippen LogP) is 3.17. The van der Waals surface area contributed by atoms with Gasteiger partial charge in [-0.15, -0.1) is 0 Å². The van der Waals surface area contributed by atoms with Gasteiger partial charge in [0.1, 0.15) is 0 Å². The monoisotopic (exact) mass is 405 g/mol. The molecule has 3 heterocycles. The number of hydrogen-bond donors (Lipinski definition) is 1. The number of nitrogens with two attached hydrogens (primary N) is 1. The van der Waals surface area contributed by atoms with Gasteiger partial charge in [0.25, 0.3) is 5.91 Å². The van der Waals surface area contributed by atoms with E-state index in [-0.39, 0.29) is 23.7 Å². The van der Waals surface area contributed by atoms with Crippen LogP contribution in [-0.2, 0) is 4.79 Å². The van der Waals surface area contributed by atoms with Crippen LogP contribution >= 0.6 is 0 Å². The van der Waals surface area contributed by atoms with Gasteiger partial charge in [-0.3, -0.25) is 9.59 Å². The van der Waals surface area contributed by atoms with Gasteiger partial charge in [-0.25, -0.2) is 9.50 Å². The summed E-state index contributed by atoms with van der Waals surface area (Å²) >= 11 is 0. The molecule has 4 rings (SSSR count). The molecule has 1 aliphatic rings. The first-order valence-corrected chi connectivity index (χ1v) is 10.4. The molecule has 0 aliphatic carbocycles. The number of aryl methyl sites for hydroxylation is 1. The number of hydrogen-bond acceptors (Lipinski definition) is 4. The second kappa shape index (κ2) is 7.89. The third-order valence-corrected chi connectivity index (χ3v) is 5.88. The largest absolute Gasteiger partial charge is 0.369 e. The molecule has 0 radical (unpaired) electrons. The van der Waals surface area contributed by atoms with E-state index in [0.717, 1.165) is 28.2 Å². The summed E-state index contributed by atoms with van der Waals surface area (Å²) < 4.78 is 1.83. The lowest BCUT2D eigenvalue weighted by Gasteiger charge is -2.31. The van der Waals surface area contributed by atoms with E-state index in [1.54, 1.807) is 11.1 Å². The molecule has 2 N–H and O–H groups in total. The fourth-order valence-electron chi connectivity index (χ4n) is 4.31. The van der Waals surface area contributed by atoms with Crippen molar-refractivity contribution in [1.82, 2.24) is 19.5 Å². The van der Waals surface area contributed by atoms with Crippen molar-refractivity contribution in [2.45, 2.75) is 39.5 Å². The highest BCUT2D eigenvalue weighted by Crippen LogP contribution is 2.31. The molecule has 7 nitrogen and oxygen atoms in total. The van der Waals surface area contributed by atoms with Crippen LogP contribution < -0.4 is 5.73 Å². The van der Waals surface area contributed by atoms with E-state index in [2.05, 4.69) is 18.8 Å². The number of likely N-dealkylation sites (tertiary alicyclic amines) is 1. The number of fused-ring (bicyclic) bond motifs is 1. The second-order valence-electron chi connectivity index (χ2n) is 8.24. The normalized spacial score (nSPS) is 15.1. The van der Waals surface area contributed by atoms with Gasteiger partial charge in [0.15, 0.2) is 5.65 Å². The standard InChI is InChI=1S/C23H27N5O2/c1-14(2)20-18(23(30)27-11-9-17(10-12-27)21(24)29)13-25-22-19(15(3)26-28(20)22)16-7-5-4-6-8-16/h4-8,13-14,17H,9-12H2,1-3H3,(H2,24,29). The van der Waals surface area contributed by atoms with Crippen LogP contribution in [0.2, 0.25) is 0 Å². The minimum absolute atomic E-state index is 0.0644. The zero-order chi connectivity index (χ0) is 21.4. The molecule has 30 heavy (non-hydrogen) atoms. The minimum atomic E-state index is -0.284. The number of primary amides is 1. The van der Waals surface area contributed by atoms with E-state index in [1.165, 1.54) is 0 Å². The van der Waals surface area contributed by atoms with Gasteiger partial charge in [0.2, 0.25) is 5.91 Å². The summed E-state index contributed by atoms with van der Waals surface area (Å²) in [5, 5.41) is 4.76. The number of carbonyl (C=O) groups excluding carboxylic acids is 2. The van der Waals surface area contributed by atoms with Crippen LogP contribution in [0.4, 0.5) is 0 Å². The Morgan fingerprint density at radius 3 is 2.40 bits per heavy atom. The van der Waals surface area contributed by atoms with Crippen molar-refractivity contribution >= 4 is 17.5 Å². The number of piperidine rings is 1. The van der Waals surface area contributed by atoms with E-state index in [4.69, 9.17) is 10.8 Å². The van der Waals surface area contributed by atoms with Crippen molar-refractivity contribution in [3.8, 4) is 11.1 Å². The summed E-state index contributed by atoms with van der Waals surface area (Å²) in [4.78, 5) is 31.2. The topological polar surface area (TPSA) is 93.6 Å². The first-order valence-electron chi connectivity index (χ1n) is 10.4. The van der Waals surface area contributed by atoms with Crippen molar-refractivity contribution in [2.24, 2.45) is 11.7 Å². The summed E-state index contributed by atoms with van der Waals surface area (Å²) in [5.74, 6) is -0.416. The van der Waals surface area contributed by atoms with E-state index in [0.29, 0.717) is 31.5 Å². The predicted molar refractivity (Wildman–Crippen MR) is 115 cm³/mol. The molecule has 1 fully saturated rings. The van der Waals surface area contributed by atoms with Crippen molar-refractivity contribution in [3.05, 3.63) is 53.5 Å². The molecule has 1 saturated heterocycles. The molecular formula is C23H27N5O2. The maximum Gasteiger partial charge on any atom is 0.257 e. The van der Waals surface area contributed by atoms with Gasteiger partial charge in [-0.05, 0) is 31.2 Å². The number of carbonyl (C=O) groups is 2. The summed E-state index contributed by atoms with van der Waals surface area (Å²) in [7, 11) is 0. The molecular weight excluding hydrogens is 378 g/mol. The van der Waals surface area contributed by atoms with Gasteiger partial charge in [0, 0.05) is 30.8 Å². The summed E-state index contributed by atoms with van der Waals surface area (Å²) in [6.45, 7) is 7.14. The maximum absolute atomic E-state index is 13.3. The third kappa shape index (κ3) is 3.44. The SMILES string of the molecule is Cc1nn2c(C(C)C)c(C(=O)N3CCC(C(N)=O)CC3)cnc2c1-c1ccccc1. The number of aromatic nitrogens is 3. The van der Waals surface area contributed by atoms with Gasteiger partial charge in [0.05, 0.1) is 17.0 Å².